The topological polar surface area (TPSA) is 69.1 Å². The van der Waals surface area contributed by atoms with Crippen LogP contribution in [-0.2, 0) is 0 Å². The van der Waals surface area contributed by atoms with E-state index in [0.717, 1.165) is 16.9 Å². The predicted octanol–water partition coefficient (Wildman–Crippen LogP) is 2.34. The van der Waals surface area contributed by atoms with Crippen LogP contribution in [0.5, 0.6) is 0 Å². The number of nitrogens with two attached hydrogens (primary N) is 1. The normalized spacial score (nSPS) is 11.0. The number of nitrogens with zero attached hydrogens (tertiary/aromatic N) is 4. The number of nitrogen functional groups attached to an aromatic ring is 1. The number of aryl methyl sites for hydroxylation is 1. The average Bonchev–Trinajstić information content (AvgIpc) is 2.72. The molecule has 3 aromatic rings. The number of aromatic nitrogens is 4. The van der Waals surface area contributed by atoms with Crippen LogP contribution < -0.4 is 5.73 Å². The van der Waals surface area contributed by atoms with Crippen molar-refractivity contribution in [2.75, 3.05) is 5.73 Å². The first-order chi connectivity index (χ1) is 8.65. The summed E-state index contributed by atoms with van der Waals surface area (Å²) in [6.45, 7) is 1.91. The summed E-state index contributed by atoms with van der Waals surface area (Å²) >= 11 is 5.88. The predicted molar refractivity (Wildman–Crippen MR) is 70.4 cm³/mol. The molecule has 2 N–H and O–H groups in total. The third-order valence-electron chi connectivity index (χ3n) is 2.69. The van der Waals surface area contributed by atoms with Gasteiger partial charge in [0.15, 0.2) is 11.5 Å². The summed E-state index contributed by atoms with van der Waals surface area (Å²) in [5, 5.41) is 8.85. The quantitative estimate of drug-likeness (QED) is 0.681. The number of hydrogen-bond acceptors (Lipinski definition) is 4. The fourth-order valence-electron chi connectivity index (χ4n) is 1.81. The van der Waals surface area contributed by atoms with Crippen molar-refractivity contribution < 1.29 is 0 Å². The highest BCUT2D eigenvalue weighted by Gasteiger charge is 2.11. The van der Waals surface area contributed by atoms with Crippen LogP contribution in [0.4, 0.5) is 5.69 Å². The van der Waals surface area contributed by atoms with E-state index in [9.17, 15) is 0 Å². The molecule has 0 aliphatic rings. The highest BCUT2D eigenvalue weighted by molar-refractivity contribution is 6.31. The van der Waals surface area contributed by atoms with Gasteiger partial charge in [-0.2, -0.15) is 0 Å². The maximum absolute atomic E-state index is 5.95. The lowest BCUT2D eigenvalue weighted by atomic mass is 10.1. The summed E-state index contributed by atoms with van der Waals surface area (Å²) in [4.78, 5) is 4.23. The van der Waals surface area contributed by atoms with Crippen molar-refractivity contribution in [1.82, 2.24) is 19.6 Å². The van der Waals surface area contributed by atoms with Gasteiger partial charge in [-0.25, -0.2) is 4.98 Å². The van der Waals surface area contributed by atoms with E-state index in [-0.39, 0.29) is 0 Å². The number of rotatable bonds is 1. The first kappa shape index (κ1) is 11.0. The lowest BCUT2D eigenvalue weighted by molar-refractivity contribution is 1.05. The van der Waals surface area contributed by atoms with Gasteiger partial charge in [-0.05, 0) is 25.1 Å². The molecule has 0 atom stereocenters. The van der Waals surface area contributed by atoms with Crippen molar-refractivity contribution in [3.8, 4) is 11.4 Å². The number of hydrogen-bond donors (Lipinski definition) is 1. The van der Waals surface area contributed by atoms with Crippen molar-refractivity contribution in [2.24, 2.45) is 0 Å². The van der Waals surface area contributed by atoms with Crippen molar-refractivity contribution in [2.45, 2.75) is 6.92 Å². The molecule has 0 saturated carbocycles. The van der Waals surface area contributed by atoms with Crippen LogP contribution in [0.2, 0.25) is 5.02 Å². The van der Waals surface area contributed by atoms with Crippen molar-refractivity contribution in [3.63, 3.8) is 0 Å². The van der Waals surface area contributed by atoms with Gasteiger partial charge in [0, 0.05) is 28.0 Å². The van der Waals surface area contributed by atoms with Gasteiger partial charge in [0.05, 0.1) is 0 Å². The molecule has 18 heavy (non-hydrogen) atoms. The molecule has 0 aliphatic carbocycles. The molecular weight excluding hydrogens is 250 g/mol. The minimum absolute atomic E-state index is 0.567. The van der Waals surface area contributed by atoms with Crippen LogP contribution in [-0.4, -0.2) is 19.6 Å². The maximum atomic E-state index is 5.95. The minimum atomic E-state index is 0.567. The van der Waals surface area contributed by atoms with Crippen LogP contribution in [0.1, 0.15) is 5.69 Å². The molecule has 0 amide bonds. The second kappa shape index (κ2) is 3.96. The van der Waals surface area contributed by atoms with Crippen LogP contribution in [0.15, 0.2) is 30.6 Å². The Morgan fingerprint density at radius 1 is 1.22 bits per heavy atom. The van der Waals surface area contributed by atoms with Crippen LogP contribution in [0, 0.1) is 6.92 Å². The Labute approximate surface area is 108 Å². The SMILES string of the molecule is Cc1cc2nnc(-c3ccc(Cl)cc3N)n2cn1. The van der Waals surface area contributed by atoms with Crippen LogP contribution in [0.25, 0.3) is 17.0 Å². The molecule has 2 aromatic heterocycles. The summed E-state index contributed by atoms with van der Waals surface area (Å²) in [6.07, 6.45) is 1.69. The summed E-state index contributed by atoms with van der Waals surface area (Å²) < 4.78 is 1.80. The Morgan fingerprint density at radius 2 is 2.06 bits per heavy atom. The summed E-state index contributed by atoms with van der Waals surface area (Å²) in [6, 6.07) is 7.16. The third-order valence-corrected chi connectivity index (χ3v) is 2.93. The lowest BCUT2D eigenvalue weighted by Gasteiger charge is -2.04. The van der Waals surface area contributed by atoms with Gasteiger partial charge in [-0.15, -0.1) is 10.2 Å². The molecule has 1 aromatic carbocycles. The molecule has 0 radical (unpaired) electrons. The van der Waals surface area contributed by atoms with E-state index < -0.39 is 0 Å². The standard InChI is InChI=1S/C12H10ClN5/c1-7-4-11-16-17-12(18(11)6-15-7)9-3-2-8(13)5-10(9)14/h2-6H,14H2,1H3. The minimum Gasteiger partial charge on any atom is -0.398 e. The van der Waals surface area contributed by atoms with Crippen molar-refractivity contribution in [3.05, 3.63) is 41.3 Å². The molecular formula is C12H10ClN5. The third kappa shape index (κ3) is 1.69. The Bertz CT molecular complexity index is 734. The van der Waals surface area contributed by atoms with Crippen LogP contribution >= 0.6 is 11.6 Å². The van der Waals surface area contributed by atoms with Gasteiger partial charge < -0.3 is 5.73 Å². The second-order valence-corrected chi connectivity index (χ2v) is 4.45. The van der Waals surface area contributed by atoms with Crippen molar-refractivity contribution >= 4 is 22.9 Å². The molecule has 0 fully saturated rings. The molecule has 0 spiro atoms. The van der Waals surface area contributed by atoms with E-state index >= 15 is 0 Å². The zero-order valence-corrected chi connectivity index (χ0v) is 10.4. The van der Waals surface area contributed by atoms with Crippen molar-refractivity contribution in [1.29, 1.82) is 0 Å². The molecule has 5 nitrogen and oxygen atoms in total. The van der Waals surface area contributed by atoms with E-state index in [4.69, 9.17) is 17.3 Å². The molecule has 0 aliphatic heterocycles. The first-order valence-electron chi connectivity index (χ1n) is 5.38. The smallest absolute Gasteiger partial charge is 0.171 e. The summed E-state index contributed by atoms with van der Waals surface area (Å²) in [5.41, 5.74) is 8.94. The number of fused-ring (bicyclic) bond motifs is 1. The summed E-state index contributed by atoms with van der Waals surface area (Å²) in [5.74, 6) is 0.659. The monoisotopic (exact) mass is 259 g/mol. The number of anilines is 1. The second-order valence-electron chi connectivity index (χ2n) is 4.01. The largest absolute Gasteiger partial charge is 0.398 e. The number of halogens is 1. The van der Waals surface area contributed by atoms with Gasteiger partial charge in [0.1, 0.15) is 6.33 Å². The van der Waals surface area contributed by atoms with E-state index in [1.54, 1.807) is 22.9 Å². The van der Waals surface area contributed by atoms with Gasteiger partial charge in [-0.1, -0.05) is 11.6 Å². The average molecular weight is 260 g/mol. The fraction of sp³-hybridized carbons (Fsp3) is 0.0833. The lowest BCUT2D eigenvalue weighted by Crippen LogP contribution is -1.96. The van der Waals surface area contributed by atoms with E-state index in [0.29, 0.717) is 16.5 Å². The Balaban J connectivity index is 2.25. The molecule has 0 saturated heterocycles. The maximum Gasteiger partial charge on any atom is 0.171 e. The van der Waals surface area contributed by atoms with Crippen LogP contribution in [0.3, 0.4) is 0 Å². The summed E-state index contributed by atoms with van der Waals surface area (Å²) in [7, 11) is 0. The fourth-order valence-corrected chi connectivity index (χ4v) is 1.99. The van der Waals surface area contributed by atoms with Gasteiger partial charge >= 0.3 is 0 Å². The van der Waals surface area contributed by atoms with Gasteiger partial charge in [-0.3, -0.25) is 4.40 Å². The molecule has 6 heteroatoms. The molecule has 3 rings (SSSR count). The molecule has 0 bridgehead atoms. The first-order valence-corrected chi connectivity index (χ1v) is 5.76. The Morgan fingerprint density at radius 3 is 2.83 bits per heavy atom. The molecule has 90 valence electrons. The molecule has 2 heterocycles. The van der Waals surface area contributed by atoms with Gasteiger partial charge in [0.25, 0.3) is 0 Å². The number of benzene rings is 1. The zero-order chi connectivity index (χ0) is 12.7. The van der Waals surface area contributed by atoms with E-state index in [1.807, 2.05) is 19.1 Å². The highest BCUT2D eigenvalue weighted by atomic mass is 35.5. The Hall–Kier alpha value is -2.14. The van der Waals surface area contributed by atoms with Gasteiger partial charge in [0.2, 0.25) is 0 Å². The molecule has 0 unspecified atom stereocenters. The highest BCUT2D eigenvalue weighted by Crippen LogP contribution is 2.27. The Kier molecular flexibility index (Phi) is 2.41. The van der Waals surface area contributed by atoms with E-state index in [1.165, 1.54) is 0 Å². The zero-order valence-electron chi connectivity index (χ0n) is 9.63. The van der Waals surface area contributed by atoms with E-state index in [2.05, 4.69) is 15.2 Å².